The number of nitrogens with zero attached hydrogens (tertiary/aromatic N) is 1. The summed E-state index contributed by atoms with van der Waals surface area (Å²) in [5.74, 6) is 0.160. The molecule has 0 unspecified atom stereocenters. The Morgan fingerprint density at radius 3 is 2.69 bits per heavy atom. The number of likely N-dealkylation sites (tertiary alicyclic amines) is 1. The Hall–Kier alpha value is -1.03. The van der Waals surface area contributed by atoms with Crippen LogP contribution in [0, 0.1) is 5.82 Å². The lowest BCUT2D eigenvalue weighted by Gasteiger charge is -2.15. The van der Waals surface area contributed by atoms with Gasteiger partial charge in [0.15, 0.2) is 0 Å². The summed E-state index contributed by atoms with van der Waals surface area (Å²) in [6.45, 7) is 3.78. The van der Waals surface area contributed by atoms with Crippen LogP contribution < -0.4 is 10.2 Å². The molecule has 2 nitrogen and oxygen atoms in total. The van der Waals surface area contributed by atoms with Crippen LogP contribution in [0.15, 0.2) is 18.2 Å². The predicted octanol–water partition coefficient (Wildman–Crippen LogP) is 1.09. The topological polar surface area (TPSA) is 12.5 Å². The molecule has 0 aromatic heterocycles. The first-order valence-corrected chi connectivity index (χ1v) is 5.65. The van der Waals surface area contributed by atoms with Gasteiger partial charge in [0.05, 0.1) is 0 Å². The molecule has 2 rings (SSSR count). The van der Waals surface area contributed by atoms with E-state index in [9.17, 15) is 4.39 Å². The molecule has 1 aromatic carbocycles. The summed E-state index contributed by atoms with van der Waals surface area (Å²) in [6, 6.07) is 4.29. The van der Waals surface area contributed by atoms with Gasteiger partial charge in [-0.3, -0.25) is 4.90 Å². The maximum absolute atomic E-state index is 13.0. The van der Waals surface area contributed by atoms with Crippen LogP contribution in [0.5, 0.6) is 5.75 Å². The molecule has 0 amide bonds. The van der Waals surface area contributed by atoms with E-state index in [1.165, 1.54) is 25.0 Å². The third-order valence-electron chi connectivity index (χ3n) is 2.77. The minimum Gasteiger partial charge on any atom is -0.492 e. The van der Waals surface area contributed by atoms with E-state index in [1.807, 2.05) is 0 Å². The van der Waals surface area contributed by atoms with Crippen LogP contribution in [-0.2, 0) is 0 Å². The van der Waals surface area contributed by atoms with E-state index in [1.54, 1.807) is 6.07 Å². The Balaban J connectivity index is 1.80. The van der Waals surface area contributed by atoms with Crippen molar-refractivity contribution in [2.45, 2.75) is 12.8 Å². The van der Waals surface area contributed by atoms with E-state index in [0.29, 0.717) is 17.8 Å². The summed E-state index contributed by atoms with van der Waals surface area (Å²) in [4.78, 5) is 2.35. The van der Waals surface area contributed by atoms with Crippen molar-refractivity contribution in [1.29, 1.82) is 0 Å². The largest absolute Gasteiger partial charge is 0.492 e. The first kappa shape index (κ1) is 11.5. The zero-order chi connectivity index (χ0) is 11.4. The van der Waals surface area contributed by atoms with E-state index in [-0.39, 0.29) is 5.82 Å². The lowest BCUT2D eigenvalue weighted by molar-refractivity contribution is 0.237. The van der Waals surface area contributed by atoms with Gasteiger partial charge >= 0.3 is 0 Å². The smallest absolute Gasteiger partial charge is 0.126 e. The first-order chi connectivity index (χ1) is 7.74. The highest BCUT2D eigenvalue weighted by Gasteiger charge is 2.10. The molecule has 0 atom stereocenters. The summed E-state index contributed by atoms with van der Waals surface area (Å²) >= 11 is 0. The van der Waals surface area contributed by atoms with Crippen LogP contribution in [0.25, 0.3) is 0 Å². The molecule has 0 N–H and O–H groups in total. The molecule has 16 heavy (non-hydrogen) atoms. The lowest BCUT2D eigenvalue weighted by atomic mass is 9.96. The second-order valence-electron chi connectivity index (χ2n) is 4.12. The van der Waals surface area contributed by atoms with Crippen LogP contribution in [0.3, 0.4) is 0 Å². The Kier molecular flexibility index (Phi) is 3.83. The summed E-state index contributed by atoms with van der Waals surface area (Å²) in [6.07, 6.45) is 2.54. The van der Waals surface area contributed by atoms with E-state index in [2.05, 4.69) is 4.90 Å². The van der Waals surface area contributed by atoms with Gasteiger partial charge in [-0.2, -0.15) is 0 Å². The van der Waals surface area contributed by atoms with Gasteiger partial charge in [0.25, 0.3) is 0 Å². The highest BCUT2D eigenvalue weighted by molar-refractivity contribution is 6.32. The van der Waals surface area contributed by atoms with Crippen LogP contribution in [0.1, 0.15) is 12.8 Å². The molecule has 2 radical (unpaired) electrons. The number of hydrogen-bond donors (Lipinski definition) is 0. The average molecular weight is 219 g/mol. The van der Waals surface area contributed by atoms with E-state index >= 15 is 0 Å². The number of rotatable bonds is 4. The molecule has 1 aliphatic rings. The van der Waals surface area contributed by atoms with Crippen molar-refractivity contribution in [3.05, 3.63) is 24.0 Å². The molecule has 1 heterocycles. The van der Waals surface area contributed by atoms with Crippen LogP contribution in [0.4, 0.5) is 4.39 Å². The van der Waals surface area contributed by atoms with Gasteiger partial charge in [-0.15, -0.1) is 0 Å². The van der Waals surface area contributed by atoms with E-state index in [0.717, 1.165) is 19.6 Å². The average Bonchev–Trinajstić information content (AvgIpc) is 2.69. The van der Waals surface area contributed by atoms with Gasteiger partial charge in [-0.1, -0.05) is 5.46 Å². The third-order valence-corrected chi connectivity index (χ3v) is 2.77. The summed E-state index contributed by atoms with van der Waals surface area (Å²) < 4.78 is 18.5. The van der Waals surface area contributed by atoms with Crippen LogP contribution in [-0.4, -0.2) is 39.0 Å². The van der Waals surface area contributed by atoms with Crippen LogP contribution >= 0.6 is 0 Å². The van der Waals surface area contributed by atoms with Gasteiger partial charge < -0.3 is 4.74 Å². The van der Waals surface area contributed by atoms with Gasteiger partial charge in [-0.25, -0.2) is 4.39 Å². The zero-order valence-electron chi connectivity index (χ0n) is 9.29. The summed E-state index contributed by atoms with van der Waals surface area (Å²) in [5, 5.41) is 0. The predicted molar refractivity (Wildman–Crippen MR) is 63.0 cm³/mol. The summed E-state index contributed by atoms with van der Waals surface area (Å²) in [7, 11) is 5.52. The molecular formula is C12H15BFNO. The maximum atomic E-state index is 13.0. The van der Waals surface area contributed by atoms with Gasteiger partial charge in [-0.05, 0) is 38.1 Å². The lowest BCUT2D eigenvalue weighted by Crippen LogP contribution is -2.25. The quantitative estimate of drug-likeness (QED) is 0.703. The van der Waals surface area contributed by atoms with Gasteiger partial charge in [0.1, 0.15) is 26.0 Å². The van der Waals surface area contributed by atoms with Gasteiger partial charge in [0, 0.05) is 12.6 Å². The Bertz CT molecular complexity index is 333. The highest BCUT2D eigenvalue weighted by atomic mass is 19.1. The van der Waals surface area contributed by atoms with Crippen molar-refractivity contribution in [3.8, 4) is 5.75 Å². The Labute approximate surface area is 96.8 Å². The number of halogens is 1. The number of ether oxygens (including phenoxy) is 1. The van der Waals surface area contributed by atoms with Crippen molar-refractivity contribution >= 4 is 13.3 Å². The van der Waals surface area contributed by atoms with Gasteiger partial charge in [0.2, 0.25) is 0 Å². The normalized spacial score (nSPS) is 16.6. The molecule has 1 fully saturated rings. The van der Waals surface area contributed by atoms with Crippen molar-refractivity contribution in [3.63, 3.8) is 0 Å². The molecule has 0 spiro atoms. The molecule has 84 valence electrons. The zero-order valence-corrected chi connectivity index (χ0v) is 9.29. The molecule has 1 aromatic rings. The van der Waals surface area contributed by atoms with Crippen molar-refractivity contribution < 1.29 is 9.13 Å². The highest BCUT2D eigenvalue weighted by Crippen LogP contribution is 2.11. The minimum absolute atomic E-state index is 0.351. The Morgan fingerprint density at radius 1 is 1.25 bits per heavy atom. The van der Waals surface area contributed by atoms with Crippen molar-refractivity contribution in [1.82, 2.24) is 4.90 Å². The fraction of sp³-hybridized carbons (Fsp3) is 0.500. The van der Waals surface area contributed by atoms with Crippen molar-refractivity contribution in [2.24, 2.45) is 0 Å². The molecular weight excluding hydrogens is 204 g/mol. The maximum Gasteiger partial charge on any atom is 0.126 e. The molecule has 4 heteroatoms. The van der Waals surface area contributed by atoms with Crippen LogP contribution in [0.2, 0.25) is 0 Å². The standard InChI is InChI=1S/C12H15BFNO/c13-10-7-11(14)9-12(8-10)16-6-5-15-3-1-2-4-15/h7-9H,1-6H2. The molecule has 0 bridgehead atoms. The first-order valence-electron chi connectivity index (χ1n) is 5.65. The SMILES string of the molecule is [B]c1cc(F)cc(OCCN2CCCC2)c1. The fourth-order valence-electron chi connectivity index (χ4n) is 1.97. The molecule has 1 aliphatic heterocycles. The molecule has 0 aliphatic carbocycles. The van der Waals surface area contributed by atoms with E-state index in [4.69, 9.17) is 12.6 Å². The summed E-state index contributed by atoms with van der Waals surface area (Å²) in [5.41, 5.74) is 0.399. The second-order valence-corrected chi connectivity index (χ2v) is 4.12. The number of hydrogen-bond acceptors (Lipinski definition) is 2. The van der Waals surface area contributed by atoms with E-state index < -0.39 is 0 Å². The molecule has 1 saturated heterocycles. The van der Waals surface area contributed by atoms with Crippen molar-refractivity contribution in [2.75, 3.05) is 26.2 Å². The number of benzene rings is 1. The third kappa shape index (κ3) is 3.24. The minimum atomic E-state index is -0.351. The Morgan fingerprint density at radius 2 is 2.00 bits per heavy atom. The molecule has 0 saturated carbocycles. The monoisotopic (exact) mass is 219 g/mol. The second kappa shape index (κ2) is 5.35. The fourth-order valence-corrected chi connectivity index (χ4v) is 1.97.